The fraction of sp³-hybridized carbons (Fsp3) is 0.429. The zero-order chi connectivity index (χ0) is 14.5. The van der Waals surface area contributed by atoms with Crippen LogP contribution in [0.3, 0.4) is 0 Å². The number of hydrogen-bond acceptors (Lipinski definition) is 5. The Morgan fingerprint density at radius 3 is 2.90 bits per heavy atom. The Labute approximate surface area is 116 Å². The van der Waals surface area contributed by atoms with Gasteiger partial charge in [-0.05, 0) is 19.4 Å². The lowest BCUT2D eigenvalue weighted by Gasteiger charge is -2.09. The molecule has 1 aromatic carbocycles. The van der Waals surface area contributed by atoms with Gasteiger partial charge in [0, 0.05) is 24.1 Å². The molecule has 0 aliphatic rings. The molecular weight excluding hydrogens is 261 g/mol. The van der Waals surface area contributed by atoms with Crippen molar-refractivity contribution >= 4 is 0 Å². The summed E-state index contributed by atoms with van der Waals surface area (Å²) >= 11 is 0. The second-order valence-corrected chi connectivity index (χ2v) is 4.62. The SMILES string of the molecule is CCCc1nc(COc2ccc([C@@H](C)N)c(F)c2)no1. The van der Waals surface area contributed by atoms with E-state index in [1.165, 1.54) is 6.07 Å². The average Bonchev–Trinajstić information content (AvgIpc) is 2.84. The predicted molar refractivity (Wildman–Crippen MR) is 71.6 cm³/mol. The number of aromatic nitrogens is 2. The van der Waals surface area contributed by atoms with Crippen molar-refractivity contribution in [2.45, 2.75) is 39.3 Å². The van der Waals surface area contributed by atoms with Crippen LogP contribution in [0, 0.1) is 5.82 Å². The van der Waals surface area contributed by atoms with Crippen LogP contribution in [0.4, 0.5) is 4.39 Å². The minimum atomic E-state index is -0.378. The van der Waals surface area contributed by atoms with Gasteiger partial charge in [-0.2, -0.15) is 4.98 Å². The van der Waals surface area contributed by atoms with Crippen molar-refractivity contribution in [2.75, 3.05) is 0 Å². The monoisotopic (exact) mass is 279 g/mol. The zero-order valence-corrected chi connectivity index (χ0v) is 11.6. The molecule has 1 aromatic heterocycles. The molecule has 6 heteroatoms. The van der Waals surface area contributed by atoms with Gasteiger partial charge in [0.15, 0.2) is 6.61 Å². The maximum absolute atomic E-state index is 13.7. The van der Waals surface area contributed by atoms with Crippen LogP contribution in [-0.2, 0) is 13.0 Å². The predicted octanol–water partition coefficient (Wildman–Crippen LogP) is 2.76. The fourth-order valence-corrected chi connectivity index (χ4v) is 1.78. The molecule has 2 rings (SSSR count). The fourth-order valence-electron chi connectivity index (χ4n) is 1.78. The lowest BCUT2D eigenvalue weighted by Crippen LogP contribution is -2.07. The maximum Gasteiger partial charge on any atom is 0.226 e. The summed E-state index contributed by atoms with van der Waals surface area (Å²) in [5.41, 5.74) is 6.11. The number of aryl methyl sites for hydroxylation is 1. The Hall–Kier alpha value is -1.95. The molecule has 0 saturated heterocycles. The molecule has 0 spiro atoms. The smallest absolute Gasteiger partial charge is 0.226 e. The highest BCUT2D eigenvalue weighted by Gasteiger charge is 2.10. The third kappa shape index (κ3) is 3.54. The lowest BCUT2D eigenvalue weighted by atomic mass is 10.1. The first-order chi connectivity index (χ1) is 9.60. The summed E-state index contributed by atoms with van der Waals surface area (Å²) in [5, 5.41) is 3.79. The normalized spacial score (nSPS) is 12.4. The van der Waals surface area contributed by atoms with Crippen molar-refractivity contribution in [1.82, 2.24) is 10.1 Å². The van der Waals surface area contributed by atoms with Gasteiger partial charge in [-0.1, -0.05) is 18.1 Å². The summed E-state index contributed by atoms with van der Waals surface area (Å²) in [4.78, 5) is 4.17. The molecule has 0 fully saturated rings. The molecule has 0 radical (unpaired) electrons. The second-order valence-electron chi connectivity index (χ2n) is 4.62. The molecule has 2 aromatic rings. The van der Waals surface area contributed by atoms with Crippen LogP contribution in [-0.4, -0.2) is 10.1 Å². The molecule has 2 N–H and O–H groups in total. The average molecular weight is 279 g/mol. The highest BCUT2D eigenvalue weighted by atomic mass is 19.1. The number of ether oxygens (including phenoxy) is 1. The number of nitrogens with zero attached hydrogens (tertiary/aromatic N) is 2. The first-order valence-electron chi connectivity index (χ1n) is 6.59. The van der Waals surface area contributed by atoms with Gasteiger partial charge in [0.1, 0.15) is 11.6 Å². The van der Waals surface area contributed by atoms with Crippen molar-refractivity contribution in [3.8, 4) is 5.75 Å². The van der Waals surface area contributed by atoms with E-state index in [0.717, 1.165) is 12.8 Å². The van der Waals surface area contributed by atoms with Crippen LogP contribution in [0.25, 0.3) is 0 Å². The van der Waals surface area contributed by atoms with Gasteiger partial charge in [0.25, 0.3) is 0 Å². The number of benzene rings is 1. The summed E-state index contributed by atoms with van der Waals surface area (Å²) in [6.07, 6.45) is 1.68. The van der Waals surface area contributed by atoms with Crippen LogP contribution in [0.1, 0.15) is 43.6 Å². The van der Waals surface area contributed by atoms with Gasteiger partial charge < -0.3 is 15.0 Å². The van der Waals surface area contributed by atoms with Crippen molar-refractivity contribution in [3.05, 3.63) is 41.3 Å². The Bertz CT molecular complexity index is 569. The number of rotatable bonds is 6. The van der Waals surface area contributed by atoms with E-state index in [1.807, 2.05) is 6.92 Å². The summed E-state index contributed by atoms with van der Waals surface area (Å²) in [7, 11) is 0. The van der Waals surface area contributed by atoms with Crippen LogP contribution in [0.15, 0.2) is 22.7 Å². The van der Waals surface area contributed by atoms with E-state index < -0.39 is 0 Å². The van der Waals surface area contributed by atoms with E-state index >= 15 is 0 Å². The Kier molecular flexibility index (Phi) is 4.68. The number of hydrogen-bond donors (Lipinski definition) is 1. The third-order valence-corrected chi connectivity index (χ3v) is 2.80. The van der Waals surface area contributed by atoms with E-state index in [4.69, 9.17) is 15.0 Å². The van der Waals surface area contributed by atoms with Crippen LogP contribution < -0.4 is 10.5 Å². The summed E-state index contributed by atoms with van der Waals surface area (Å²) < 4.78 is 24.2. The summed E-state index contributed by atoms with van der Waals surface area (Å²) in [6, 6.07) is 4.26. The zero-order valence-electron chi connectivity index (χ0n) is 11.6. The van der Waals surface area contributed by atoms with Gasteiger partial charge in [-0.25, -0.2) is 4.39 Å². The van der Waals surface area contributed by atoms with E-state index in [1.54, 1.807) is 19.1 Å². The van der Waals surface area contributed by atoms with E-state index in [2.05, 4.69) is 10.1 Å². The topological polar surface area (TPSA) is 74.2 Å². The molecule has 0 bridgehead atoms. The molecule has 0 aliphatic heterocycles. The Morgan fingerprint density at radius 1 is 1.45 bits per heavy atom. The Balaban J connectivity index is 1.98. The molecule has 0 amide bonds. The largest absolute Gasteiger partial charge is 0.485 e. The standard InChI is InChI=1S/C14H18FN3O2/c1-3-4-14-17-13(18-20-14)8-19-10-5-6-11(9(2)16)12(15)7-10/h5-7,9H,3-4,8,16H2,1-2H3/t9-/m1/s1. The van der Waals surface area contributed by atoms with E-state index in [-0.39, 0.29) is 18.5 Å². The Morgan fingerprint density at radius 2 is 2.25 bits per heavy atom. The molecule has 5 nitrogen and oxygen atoms in total. The first kappa shape index (κ1) is 14.5. The van der Waals surface area contributed by atoms with E-state index in [9.17, 15) is 4.39 Å². The van der Waals surface area contributed by atoms with Crippen molar-refractivity contribution < 1.29 is 13.7 Å². The lowest BCUT2D eigenvalue weighted by molar-refractivity contribution is 0.283. The van der Waals surface area contributed by atoms with Gasteiger partial charge in [-0.15, -0.1) is 0 Å². The van der Waals surface area contributed by atoms with E-state index in [0.29, 0.717) is 23.0 Å². The molecule has 0 aliphatic carbocycles. The quantitative estimate of drug-likeness (QED) is 0.880. The molecule has 1 atom stereocenters. The molecule has 0 saturated carbocycles. The summed E-state index contributed by atoms with van der Waals surface area (Å²) in [6.45, 7) is 3.90. The molecule has 20 heavy (non-hydrogen) atoms. The van der Waals surface area contributed by atoms with Gasteiger partial charge in [0.05, 0.1) is 0 Å². The maximum atomic E-state index is 13.7. The molecule has 0 unspecified atom stereocenters. The highest BCUT2D eigenvalue weighted by molar-refractivity contribution is 5.30. The van der Waals surface area contributed by atoms with Gasteiger partial charge in [0.2, 0.25) is 11.7 Å². The number of nitrogens with two attached hydrogens (primary N) is 1. The minimum Gasteiger partial charge on any atom is -0.485 e. The minimum absolute atomic E-state index is 0.143. The highest BCUT2D eigenvalue weighted by Crippen LogP contribution is 2.21. The van der Waals surface area contributed by atoms with Crippen molar-refractivity contribution in [1.29, 1.82) is 0 Å². The third-order valence-electron chi connectivity index (χ3n) is 2.80. The summed E-state index contributed by atoms with van der Waals surface area (Å²) in [5.74, 6) is 1.07. The van der Waals surface area contributed by atoms with Crippen LogP contribution in [0.2, 0.25) is 0 Å². The first-order valence-corrected chi connectivity index (χ1v) is 6.59. The van der Waals surface area contributed by atoms with Crippen molar-refractivity contribution in [2.24, 2.45) is 5.73 Å². The molecule has 108 valence electrons. The van der Waals surface area contributed by atoms with Crippen molar-refractivity contribution in [3.63, 3.8) is 0 Å². The van der Waals surface area contributed by atoms with Gasteiger partial charge >= 0.3 is 0 Å². The van der Waals surface area contributed by atoms with Crippen LogP contribution in [0.5, 0.6) is 5.75 Å². The second kappa shape index (κ2) is 6.47. The number of halogens is 1. The molecule has 1 heterocycles. The molecular formula is C14H18FN3O2. The van der Waals surface area contributed by atoms with Gasteiger partial charge in [-0.3, -0.25) is 0 Å². The van der Waals surface area contributed by atoms with Crippen LogP contribution >= 0.6 is 0 Å².